The van der Waals surface area contributed by atoms with Crippen LogP contribution < -0.4 is 15.0 Å². The van der Waals surface area contributed by atoms with Crippen molar-refractivity contribution in [3.63, 3.8) is 0 Å². The van der Waals surface area contributed by atoms with Gasteiger partial charge in [0.1, 0.15) is 11.6 Å². The van der Waals surface area contributed by atoms with Gasteiger partial charge < -0.3 is 15.0 Å². The van der Waals surface area contributed by atoms with Gasteiger partial charge in [-0.1, -0.05) is 6.07 Å². The molecule has 1 unspecified atom stereocenters. The van der Waals surface area contributed by atoms with Crippen molar-refractivity contribution in [2.75, 3.05) is 17.3 Å². The summed E-state index contributed by atoms with van der Waals surface area (Å²) in [6, 6.07) is 10.9. The van der Waals surface area contributed by atoms with Crippen molar-refractivity contribution >= 4 is 23.2 Å². The number of nitrogens with zero attached hydrogens (tertiary/aromatic N) is 1. The van der Waals surface area contributed by atoms with E-state index in [4.69, 9.17) is 4.74 Å². The minimum atomic E-state index is -0.518. The lowest BCUT2D eigenvalue weighted by molar-refractivity contribution is -0.125. The summed E-state index contributed by atoms with van der Waals surface area (Å²) >= 11 is 0. The third-order valence-corrected chi connectivity index (χ3v) is 3.86. The van der Waals surface area contributed by atoms with E-state index in [1.807, 2.05) is 0 Å². The summed E-state index contributed by atoms with van der Waals surface area (Å²) < 4.78 is 18.4. The lowest BCUT2D eigenvalue weighted by atomic mass is 10.1. The van der Waals surface area contributed by atoms with Gasteiger partial charge in [0, 0.05) is 12.7 Å². The second-order valence-electron chi connectivity index (χ2n) is 5.69. The molecule has 0 radical (unpaired) electrons. The van der Waals surface area contributed by atoms with E-state index in [9.17, 15) is 14.0 Å². The van der Waals surface area contributed by atoms with Crippen LogP contribution in [0.4, 0.5) is 15.8 Å². The molecular formula is C18H17FN2O3. The molecule has 1 aliphatic heterocycles. The van der Waals surface area contributed by atoms with Crippen LogP contribution in [0.15, 0.2) is 42.5 Å². The van der Waals surface area contributed by atoms with E-state index in [1.54, 1.807) is 32.2 Å². The van der Waals surface area contributed by atoms with Crippen LogP contribution in [0.5, 0.6) is 5.75 Å². The number of ether oxygens (including phenoxy) is 1. The Hall–Kier alpha value is -2.89. The third-order valence-electron chi connectivity index (χ3n) is 3.86. The fraction of sp³-hybridized carbons (Fsp3) is 0.222. The van der Waals surface area contributed by atoms with Gasteiger partial charge in [0.15, 0.2) is 6.10 Å². The van der Waals surface area contributed by atoms with Crippen LogP contribution in [-0.2, 0) is 16.0 Å². The quantitative estimate of drug-likeness (QED) is 0.942. The number of rotatable bonds is 3. The van der Waals surface area contributed by atoms with E-state index in [2.05, 4.69) is 5.32 Å². The molecule has 2 amide bonds. The lowest BCUT2D eigenvalue weighted by Crippen LogP contribution is -2.42. The number of fused-ring (bicyclic) bond motifs is 1. The highest BCUT2D eigenvalue weighted by atomic mass is 19.1. The molecule has 1 N–H and O–H groups in total. The SMILES string of the molecule is CC1Oc2ccc(CC(=O)Nc3ccc(F)cc3)cc2N(C)C1=O. The van der Waals surface area contributed by atoms with Crippen LogP contribution in [0.1, 0.15) is 12.5 Å². The Bertz CT molecular complexity index is 789. The first-order valence-electron chi connectivity index (χ1n) is 7.56. The highest BCUT2D eigenvalue weighted by Gasteiger charge is 2.28. The molecule has 1 atom stereocenters. The van der Waals surface area contributed by atoms with Crippen molar-refractivity contribution in [3.8, 4) is 5.75 Å². The number of carbonyl (C=O) groups is 2. The standard InChI is InChI=1S/C18H17FN2O3/c1-11-18(23)21(2)15-9-12(3-8-16(15)24-11)10-17(22)20-14-6-4-13(19)5-7-14/h3-9,11H,10H2,1-2H3,(H,20,22). The van der Waals surface area contributed by atoms with Gasteiger partial charge >= 0.3 is 0 Å². The molecule has 1 heterocycles. The average molecular weight is 328 g/mol. The first-order chi connectivity index (χ1) is 11.4. The van der Waals surface area contributed by atoms with Gasteiger partial charge in [-0.2, -0.15) is 0 Å². The summed E-state index contributed by atoms with van der Waals surface area (Å²) in [6.45, 7) is 1.70. The summed E-state index contributed by atoms with van der Waals surface area (Å²) in [5.74, 6) is -0.0899. The van der Waals surface area contributed by atoms with Crippen LogP contribution in [0, 0.1) is 5.82 Å². The predicted octanol–water partition coefficient (Wildman–Crippen LogP) is 2.75. The first-order valence-corrected chi connectivity index (χ1v) is 7.56. The number of hydrogen-bond donors (Lipinski definition) is 1. The molecule has 124 valence electrons. The van der Waals surface area contributed by atoms with Crippen molar-refractivity contribution in [2.24, 2.45) is 0 Å². The largest absolute Gasteiger partial charge is 0.479 e. The Kier molecular flexibility index (Phi) is 4.20. The molecule has 2 aromatic rings. The van der Waals surface area contributed by atoms with E-state index < -0.39 is 6.10 Å². The summed E-state index contributed by atoms with van der Waals surface area (Å²) in [5, 5.41) is 2.71. The Morgan fingerprint density at radius 1 is 1.25 bits per heavy atom. The highest BCUT2D eigenvalue weighted by Crippen LogP contribution is 2.34. The van der Waals surface area contributed by atoms with E-state index in [1.165, 1.54) is 29.2 Å². The van der Waals surface area contributed by atoms with Gasteiger partial charge in [-0.15, -0.1) is 0 Å². The fourth-order valence-corrected chi connectivity index (χ4v) is 2.59. The zero-order valence-corrected chi connectivity index (χ0v) is 13.4. The van der Waals surface area contributed by atoms with Gasteiger partial charge in [-0.25, -0.2) is 4.39 Å². The maximum atomic E-state index is 12.9. The van der Waals surface area contributed by atoms with Crippen LogP contribution in [0.2, 0.25) is 0 Å². The Morgan fingerprint density at radius 3 is 2.67 bits per heavy atom. The molecule has 0 saturated heterocycles. The smallest absolute Gasteiger partial charge is 0.267 e. The molecule has 0 bridgehead atoms. The molecule has 24 heavy (non-hydrogen) atoms. The molecule has 0 spiro atoms. The van der Waals surface area contributed by atoms with Crippen molar-refractivity contribution in [1.82, 2.24) is 0 Å². The third kappa shape index (κ3) is 3.22. The molecule has 0 aliphatic carbocycles. The Labute approximate surface area is 139 Å². The highest BCUT2D eigenvalue weighted by molar-refractivity contribution is 5.99. The summed E-state index contributed by atoms with van der Waals surface area (Å²) in [6.07, 6.45) is -0.377. The number of nitrogens with one attached hydrogen (secondary N) is 1. The van der Waals surface area contributed by atoms with E-state index in [0.29, 0.717) is 17.1 Å². The van der Waals surface area contributed by atoms with Crippen LogP contribution in [0.25, 0.3) is 0 Å². The second kappa shape index (κ2) is 6.31. The van der Waals surface area contributed by atoms with Crippen LogP contribution >= 0.6 is 0 Å². The molecule has 3 rings (SSSR count). The van der Waals surface area contributed by atoms with E-state index in [0.717, 1.165) is 5.56 Å². The molecule has 5 nitrogen and oxygen atoms in total. The minimum Gasteiger partial charge on any atom is -0.479 e. The van der Waals surface area contributed by atoms with Crippen molar-refractivity contribution in [1.29, 1.82) is 0 Å². The number of halogens is 1. The van der Waals surface area contributed by atoms with E-state index in [-0.39, 0.29) is 24.1 Å². The summed E-state index contributed by atoms with van der Waals surface area (Å²) in [7, 11) is 1.68. The van der Waals surface area contributed by atoms with Gasteiger partial charge in [0.25, 0.3) is 5.91 Å². The van der Waals surface area contributed by atoms with Gasteiger partial charge in [-0.05, 0) is 48.9 Å². The number of likely N-dealkylation sites (N-methyl/N-ethyl adjacent to an activating group) is 1. The summed E-state index contributed by atoms with van der Waals surface area (Å²) in [4.78, 5) is 25.6. The van der Waals surface area contributed by atoms with Gasteiger partial charge in [0.2, 0.25) is 5.91 Å². The fourth-order valence-electron chi connectivity index (χ4n) is 2.59. The van der Waals surface area contributed by atoms with Gasteiger partial charge in [0.05, 0.1) is 12.1 Å². The predicted molar refractivity (Wildman–Crippen MR) is 88.7 cm³/mol. The van der Waals surface area contributed by atoms with Crippen molar-refractivity contribution in [3.05, 3.63) is 53.8 Å². The van der Waals surface area contributed by atoms with Crippen LogP contribution in [0.3, 0.4) is 0 Å². The summed E-state index contributed by atoms with van der Waals surface area (Å²) in [5.41, 5.74) is 1.93. The molecule has 0 saturated carbocycles. The maximum Gasteiger partial charge on any atom is 0.267 e. The number of hydrogen-bond acceptors (Lipinski definition) is 3. The second-order valence-corrected chi connectivity index (χ2v) is 5.69. The normalized spacial score (nSPS) is 16.4. The topological polar surface area (TPSA) is 58.6 Å². The van der Waals surface area contributed by atoms with Crippen molar-refractivity contribution < 1.29 is 18.7 Å². The number of amides is 2. The maximum absolute atomic E-state index is 12.9. The zero-order valence-electron chi connectivity index (χ0n) is 13.4. The average Bonchev–Trinajstić information content (AvgIpc) is 2.55. The monoisotopic (exact) mass is 328 g/mol. The first kappa shape index (κ1) is 16.0. The molecule has 1 aliphatic rings. The Morgan fingerprint density at radius 2 is 1.96 bits per heavy atom. The molecule has 2 aromatic carbocycles. The molecule has 6 heteroatoms. The Balaban J connectivity index is 1.73. The lowest BCUT2D eigenvalue weighted by Gasteiger charge is -2.30. The molecule has 0 fully saturated rings. The molecular weight excluding hydrogens is 311 g/mol. The minimum absolute atomic E-state index is 0.129. The van der Waals surface area contributed by atoms with Gasteiger partial charge in [-0.3, -0.25) is 9.59 Å². The molecule has 0 aromatic heterocycles. The van der Waals surface area contributed by atoms with E-state index >= 15 is 0 Å². The van der Waals surface area contributed by atoms with Crippen LogP contribution in [-0.4, -0.2) is 25.0 Å². The number of anilines is 2. The van der Waals surface area contributed by atoms with Crippen molar-refractivity contribution in [2.45, 2.75) is 19.4 Å². The zero-order chi connectivity index (χ0) is 17.3. The number of carbonyl (C=O) groups excluding carboxylic acids is 2. The number of benzene rings is 2.